The minimum absolute atomic E-state index is 0.470. The molecule has 0 aromatic heterocycles. The lowest BCUT2D eigenvalue weighted by molar-refractivity contribution is 0.766. The Bertz CT molecular complexity index is 3070. The van der Waals surface area contributed by atoms with Crippen LogP contribution in [0.4, 0.5) is 34.1 Å². The number of para-hydroxylation sites is 3. The topological polar surface area (TPSA) is 6.48 Å². The minimum atomic E-state index is -0.470. The highest BCUT2D eigenvalue weighted by Gasteiger charge is 2.48. The predicted octanol–water partition coefficient (Wildman–Crippen LogP) is 15.1. The zero-order chi connectivity index (χ0) is 38.9. The third-order valence-corrected chi connectivity index (χ3v) is 12.6. The van der Waals surface area contributed by atoms with E-state index >= 15 is 0 Å². The summed E-state index contributed by atoms with van der Waals surface area (Å²) in [5.41, 5.74) is 21.4. The normalized spacial score (nSPS) is 13.5. The third-order valence-electron chi connectivity index (χ3n) is 12.6. The Labute approximate surface area is 345 Å². The van der Waals surface area contributed by atoms with Crippen molar-refractivity contribution in [1.82, 2.24) is 0 Å². The zero-order valence-electron chi connectivity index (χ0n) is 32.3. The molecule has 276 valence electrons. The molecule has 59 heavy (non-hydrogen) atoms. The number of rotatable bonds is 4. The number of anilines is 6. The fraction of sp³-hybridized carbons (Fsp3) is 0.0175. The number of nitrogens with zero attached hydrogens (tertiary/aromatic N) is 2. The van der Waals surface area contributed by atoms with E-state index in [1.807, 2.05) is 0 Å². The van der Waals surface area contributed by atoms with E-state index in [-0.39, 0.29) is 0 Å². The summed E-state index contributed by atoms with van der Waals surface area (Å²) in [5, 5.41) is 0. The first-order valence-electron chi connectivity index (χ1n) is 20.4. The van der Waals surface area contributed by atoms with Crippen molar-refractivity contribution in [3.8, 4) is 33.4 Å². The van der Waals surface area contributed by atoms with Gasteiger partial charge in [-0.1, -0.05) is 170 Å². The highest BCUT2D eigenvalue weighted by Crippen LogP contribution is 2.60. The van der Waals surface area contributed by atoms with Crippen LogP contribution in [-0.4, -0.2) is 0 Å². The molecule has 1 heterocycles. The molecule has 1 aliphatic heterocycles. The lowest BCUT2D eigenvalue weighted by Crippen LogP contribution is -2.29. The van der Waals surface area contributed by atoms with Crippen LogP contribution in [0.25, 0.3) is 45.5 Å². The van der Waals surface area contributed by atoms with Crippen LogP contribution in [0.2, 0.25) is 0 Å². The van der Waals surface area contributed by atoms with Crippen molar-refractivity contribution in [2.24, 2.45) is 0 Å². The molecule has 3 aliphatic rings. The smallest absolute Gasteiger partial charge is 0.0725 e. The van der Waals surface area contributed by atoms with E-state index in [0.717, 1.165) is 28.4 Å². The van der Waals surface area contributed by atoms with Gasteiger partial charge in [-0.2, -0.15) is 0 Å². The number of hydrogen-bond donors (Lipinski definition) is 0. The molecule has 0 saturated carbocycles. The third kappa shape index (κ3) is 4.93. The van der Waals surface area contributed by atoms with Gasteiger partial charge in [-0.25, -0.2) is 0 Å². The van der Waals surface area contributed by atoms with Crippen LogP contribution in [0.1, 0.15) is 33.4 Å². The summed E-state index contributed by atoms with van der Waals surface area (Å²) in [4.78, 5) is 4.85. The fourth-order valence-corrected chi connectivity index (χ4v) is 10.2. The lowest BCUT2D eigenvalue weighted by Gasteiger charge is -2.35. The largest absolute Gasteiger partial charge is 0.310 e. The van der Waals surface area contributed by atoms with Crippen LogP contribution in [0.3, 0.4) is 0 Å². The first kappa shape index (κ1) is 33.5. The van der Waals surface area contributed by atoms with Gasteiger partial charge in [0.25, 0.3) is 0 Å². The van der Waals surface area contributed by atoms with Crippen molar-refractivity contribution in [1.29, 1.82) is 0 Å². The van der Waals surface area contributed by atoms with Crippen LogP contribution < -0.4 is 9.80 Å². The fourth-order valence-electron chi connectivity index (χ4n) is 10.2. The standard InChI is InChI=1S/C57H38N2/c1-3-19-41(20-4-1)58(44-34-36-56-50(38-44)46-24-10-9-23-45(46)48-26-12-16-30-55(48)59(56)42-21-5-2-6-22-42)43-33-35-54-49(37-43)47-25-11-15-29-53(47)57(54)51-27-13-7-17-39(51)31-32-40-18-8-14-28-52(40)57/h1-38H. The summed E-state index contributed by atoms with van der Waals surface area (Å²) in [7, 11) is 0. The first-order valence-corrected chi connectivity index (χ1v) is 20.4. The van der Waals surface area contributed by atoms with Gasteiger partial charge in [0.2, 0.25) is 0 Å². The van der Waals surface area contributed by atoms with Crippen LogP contribution in [0, 0.1) is 0 Å². The molecule has 0 unspecified atom stereocenters. The van der Waals surface area contributed by atoms with Crippen LogP contribution >= 0.6 is 0 Å². The van der Waals surface area contributed by atoms with Crippen molar-refractivity contribution in [2.75, 3.05) is 9.80 Å². The molecule has 2 heteroatoms. The molecule has 0 atom stereocenters. The van der Waals surface area contributed by atoms with Crippen molar-refractivity contribution in [3.63, 3.8) is 0 Å². The van der Waals surface area contributed by atoms with Crippen LogP contribution in [-0.2, 0) is 5.41 Å². The van der Waals surface area contributed by atoms with E-state index in [1.165, 1.54) is 72.4 Å². The summed E-state index contributed by atoms with van der Waals surface area (Å²) >= 11 is 0. The second-order valence-electron chi connectivity index (χ2n) is 15.6. The van der Waals surface area contributed by atoms with E-state index in [1.54, 1.807) is 0 Å². The number of benzene rings is 9. The zero-order valence-corrected chi connectivity index (χ0v) is 32.3. The Hall–Kier alpha value is -7.68. The monoisotopic (exact) mass is 750 g/mol. The van der Waals surface area contributed by atoms with Gasteiger partial charge in [-0.05, 0) is 116 Å². The van der Waals surface area contributed by atoms with Crippen molar-refractivity contribution in [3.05, 3.63) is 252 Å². The van der Waals surface area contributed by atoms with E-state index in [9.17, 15) is 0 Å². The summed E-state index contributed by atoms with van der Waals surface area (Å²) < 4.78 is 0. The second kappa shape index (κ2) is 13.2. The Morgan fingerprint density at radius 1 is 0.305 bits per heavy atom. The summed E-state index contributed by atoms with van der Waals surface area (Å²) in [6.07, 6.45) is 4.59. The molecule has 0 amide bonds. The van der Waals surface area contributed by atoms with Gasteiger partial charge in [0.15, 0.2) is 0 Å². The molecule has 9 aromatic carbocycles. The summed E-state index contributed by atoms with van der Waals surface area (Å²) in [6.45, 7) is 0. The Balaban J connectivity index is 1.10. The molecule has 12 rings (SSSR count). The van der Waals surface area contributed by atoms with Crippen LogP contribution in [0.5, 0.6) is 0 Å². The van der Waals surface area contributed by atoms with E-state index in [2.05, 4.69) is 240 Å². The Morgan fingerprint density at radius 2 is 0.780 bits per heavy atom. The Morgan fingerprint density at radius 3 is 1.47 bits per heavy atom. The molecular formula is C57H38N2. The highest BCUT2D eigenvalue weighted by molar-refractivity contribution is 6.04. The minimum Gasteiger partial charge on any atom is -0.310 e. The average Bonchev–Trinajstić information content (AvgIpc) is 3.42. The van der Waals surface area contributed by atoms with E-state index in [4.69, 9.17) is 0 Å². The maximum Gasteiger partial charge on any atom is 0.0725 e. The molecule has 2 aliphatic carbocycles. The molecule has 2 nitrogen and oxygen atoms in total. The maximum absolute atomic E-state index is 2.44. The molecule has 9 aromatic rings. The van der Waals surface area contributed by atoms with Gasteiger partial charge < -0.3 is 9.80 Å². The van der Waals surface area contributed by atoms with Gasteiger partial charge in [-0.15, -0.1) is 0 Å². The molecule has 0 fully saturated rings. The van der Waals surface area contributed by atoms with Crippen LogP contribution in [0.15, 0.2) is 218 Å². The SMILES string of the molecule is C1=Cc2ccccc2C2(c3ccccc31)c1ccccc1-c1cc(N(c3ccccc3)c3ccc4c(c3)-c3ccccc3-c3ccccc3N4c3ccccc3)ccc12. The molecular weight excluding hydrogens is 713 g/mol. The van der Waals surface area contributed by atoms with Gasteiger partial charge in [0.1, 0.15) is 0 Å². The second-order valence-corrected chi connectivity index (χ2v) is 15.6. The van der Waals surface area contributed by atoms with Gasteiger partial charge in [-0.3, -0.25) is 0 Å². The molecule has 0 N–H and O–H groups in total. The average molecular weight is 751 g/mol. The predicted molar refractivity (Wildman–Crippen MR) is 246 cm³/mol. The molecule has 0 bridgehead atoms. The maximum atomic E-state index is 2.44. The van der Waals surface area contributed by atoms with Crippen molar-refractivity contribution < 1.29 is 0 Å². The van der Waals surface area contributed by atoms with Crippen molar-refractivity contribution in [2.45, 2.75) is 5.41 Å². The summed E-state index contributed by atoms with van der Waals surface area (Å²) in [6, 6.07) is 80.4. The van der Waals surface area contributed by atoms with Gasteiger partial charge in [0, 0.05) is 33.9 Å². The van der Waals surface area contributed by atoms with Gasteiger partial charge in [0.05, 0.1) is 16.8 Å². The molecule has 1 spiro atoms. The first-order chi connectivity index (χ1) is 29.3. The number of fused-ring (bicyclic) bond motifs is 14. The molecule has 0 saturated heterocycles. The highest BCUT2D eigenvalue weighted by atomic mass is 15.2. The van der Waals surface area contributed by atoms with Crippen molar-refractivity contribution >= 4 is 46.3 Å². The van der Waals surface area contributed by atoms with E-state index in [0.29, 0.717) is 0 Å². The Kier molecular flexibility index (Phi) is 7.48. The number of hydrogen-bond acceptors (Lipinski definition) is 2. The summed E-state index contributed by atoms with van der Waals surface area (Å²) in [5.74, 6) is 0. The molecule has 0 radical (unpaired) electrons. The van der Waals surface area contributed by atoms with E-state index < -0.39 is 5.41 Å². The van der Waals surface area contributed by atoms with Gasteiger partial charge >= 0.3 is 0 Å². The quantitative estimate of drug-likeness (QED) is 0.177. The lowest BCUT2D eigenvalue weighted by atomic mass is 9.66.